The number of hydrogen-bond acceptors (Lipinski definition) is 4. The number of carbonyl (C=O) groups is 1. The fourth-order valence-electron chi connectivity index (χ4n) is 2.43. The molecule has 1 amide bonds. The van der Waals surface area contributed by atoms with Gasteiger partial charge in [-0.25, -0.2) is 4.79 Å². The first-order valence-electron chi connectivity index (χ1n) is 9.06. The smallest absolute Gasteiger partial charge is 0.407 e. The normalized spacial score (nSPS) is 13.0. The number of aliphatic imine (C=N–C) groups is 1. The molecule has 27 heavy (non-hydrogen) atoms. The molecule has 0 aliphatic rings. The third-order valence-corrected chi connectivity index (χ3v) is 3.86. The first-order valence-corrected chi connectivity index (χ1v) is 9.06. The van der Waals surface area contributed by atoms with Gasteiger partial charge in [0.1, 0.15) is 11.4 Å². The molecule has 0 saturated carbocycles. The van der Waals surface area contributed by atoms with Gasteiger partial charge in [0.2, 0.25) is 0 Å². The molecular weight excluding hydrogens is 459 g/mol. The molecule has 0 bridgehead atoms. The average Bonchev–Trinajstić information content (AvgIpc) is 3.03. The molecular formula is C19H35IN4O3. The van der Waals surface area contributed by atoms with E-state index in [2.05, 4.69) is 29.5 Å². The lowest BCUT2D eigenvalue weighted by molar-refractivity contribution is 0.0486. The molecule has 8 heteroatoms. The monoisotopic (exact) mass is 494 g/mol. The standard InChI is InChI=1S/C19H34N4O3.HI/c1-14(2)16(22-18(24)26-19(3,4)5)10-11-23(7)17(20-6)21-13-15-9-8-12-25-15;/h8-9,12,14,16H,10-11,13H2,1-7H3,(H,20,21)(H,22,24);1H. The van der Waals surface area contributed by atoms with Gasteiger partial charge in [0, 0.05) is 26.7 Å². The number of alkyl carbamates (subject to hydrolysis) is 1. The lowest BCUT2D eigenvalue weighted by Crippen LogP contribution is -2.45. The average molecular weight is 494 g/mol. The zero-order valence-corrected chi connectivity index (χ0v) is 19.9. The van der Waals surface area contributed by atoms with Gasteiger partial charge in [-0.15, -0.1) is 24.0 Å². The van der Waals surface area contributed by atoms with Gasteiger partial charge in [-0.3, -0.25) is 4.99 Å². The first kappa shape index (κ1) is 25.6. The second-order valence-electron chi connectivity index (χ2n) is 7.69. The number of hydrogen-bond donors (Lipinski definition) is 2. The van der Waals surface area contributed by atoms with Crippen LogP contribution in [0.3, 0.4) is 0 Å². The van der Waals surface area contributed by atoms with Gasteiger partial charge in [-0.05, 0) is 45.2 Å². The third kappa shape index (κ3) is 10.5. The minimum absolute atomic E-state index is 0. The maximum atomic E-state index is 12.0. The van der Waals surface area contributed by atoms with Crippen molar-refractivity contribution in [3.63, 3.8) is 0 Å². The van der Waals surface area contributed by atoms with E-state index in [-0.39, 0.29) is 36.1 Å². The number of carbonyl (C=O) groups excluding carboxylic acids is 1. The lowest BCUT2D eigenvalue weighted by Gasteiger charge is -2.28. The second-order valence-corrected chi connectivity index (χ2v) is 7.69. The van der Waals surface area contributed by atoms with Crippen molar-refractivity contribution in [2.24, 2.45) is 10.9 Å². The van der Waals surface area contributed by atoms with Crippen molar-refractivity contribution >= 4 is 36.0 Å². The predicted octanol–water partition coefficient (Wildman–Crippen LogP) is 3.84. The van der Waals surface area contributed by atoms with Crippen LogP contribution in [0.15, 0.2) is 27.8 Å². The van der Waals surface area contributed by atoms with Crippen LogP contribution in [0.5, 0.6) is 0 Å². The van der Waals surface area contributed by atoms with Gasteiger partial charge < -0.3 is 24.7 Å². The van der Waals surface area contributed by atoms with E-state index in [1.165, 1.54) is 0 Å². The van der Waals surface area contributed by atoms with Gasteiger partial charge in [0.05, 0.1) is 12.8 Å². The fraction of sp³-hybridized carbons (Fsp3) is 0.684. The molecule has 1 aromatic heterocycles. The van der Waals surface area contributed by atoms with E-state index >= 15 is 0 Å². The number of rotatable bonds is 7. The summed E-state index contributed by atoms with van der Waals surface area (Å²) in [5, 5.41) is 6.24. The molecule has 1 unspecified atom stereocenters. The van der Waals surface area contributed by atoms with Crippen molar-refractivity contribution in [2.75, 3.05) is 20.6 Å². The molecule has 1 rings (SSSR count). The number of nitrogens with zero attached hydrogens (tertiary/aromatic N) is 2. The molecule has 2 N–H and O–H groups in total. The number of halogens is 1. The second kappa shape index (κ2) is 12.1. The largest absolute Gasteiger partial charge is 0.467 e. The van der Waals surface area contributed by atoms with Gasteiger partial charge in [0.15, 0.2) is 5.96 Å². The Labute approximate surface area is 180 Å². The van der Waals surface area contributed by atoms with Gasteiger partial charge in [-0.2, -0.15) is 0 Å². The van der Waals surface area contributed by atoms with Gasteiger partial charge >= 0.3 is 6.09 Å². The van der Waals surface area contributed by atoms with Gasteiger partial charge in [0.25, 0.3) is 0 Å². The Balaban J connectivity index is 0.00000676. The molecule has 156 valence electrons. The summed E-state index contributed by atoms with van der Waals surface area (Å²) in [4.78, 5) is 18.4. The molecule has 0 saturated heterocycles. The topological polar surface area (TPSA) is 79.1 Å². The Hall–Kier alpha value is -1.45. The fourth-order valence-corrected chi connectivity index (χ4v) is 2.43. The lowest BCUT2D eigenvalue weighted by atomic mass is 10.0. The molecule has 0 aliphatic carbocycles. The van der Waals surface area contributed by atoms with E-state index in [9.17, 15) is 4.79 Å². The minimum Gasteiger partial charge on any atom is -0.467 e. The number of furan rings is 1. The molecule has 0 fully saturated rings. The summed E-state index contributed by atoms with van der Waals surface area (Å²) in [6.45, 7) is 11.1. The Morgan fingerprint density at radius 2 is 2.04 bits per heavy atom. The highest BCUT2D eigenvalue weighted by Gasteiger charge is 2.22. The maximum absolute atomic E-state index is 12.0. The van der Waals surface area contributed by atoms with Crippen LogP contribution in [0.2, 0.25) is 0 Å². The highest BCUT2D eigenvalue weighted by Crippen LogP contribution is 2.11. The van der Waals surface area contributed by atoms with Crippen LogP contribution < -0.4 is 10.6 Å². The van der Waals surface area contributed by atoms with Crippen LogP contribution in [0.25, 0.3) is 0 Å². The van der Waals surface area contributed by atoms with Crippen LogP contribution in [0.1, 0.15) is 46.8 Å². The van der Waals surface area contributed by atoms with E-state index in [1.54, 1.807) is 13.3 Å². The molecule has 0 spiro atoms. The summed E-state index contributed by atoms with van der Waals surface area (Å²) in [5.74, 6) is 1.93. The van der Waals surface area contributed by atoms with Crippen molar-refractivity contribution in [3.8, 4) is 0 Å². The molecule has 1 aromatic rings. The predicted molar refractivity (Wildman–Crippen MR) is 120 cm³/mol. The number of guanidine groups is 1. The molecule has 7 nitrogen and oxygen atoms in total. The summed E-state index contributed by atoms with van der Waals surface area (Å²) in [6.07, 6.45) is 2.06. The minimum atomic E-state index is -0.500. The van der Waals surface area contributed by atoms with E-state index < -0.39 is 5.60 Å². The Bertz CT molecular complexity index is 568. The van der Waals surface area contributed by atoms with Crippen LogP contribution >= 0.6 is 24.0 Å². The molecule has 0 aliphatic heterocycles. The molecule has 1 heterocycles. The Morgan fingerprint density at radius 3 is 2.52 bits per heavy atom. The third-order valence-electron chi connectivity index (χ3n) is 3.86. The van der Waals surface area contributed by atoms with Crippen molar-refractivity contribution in [2.45, 2.75) is 59.2 Å². The SMILES string of the molecule is CN=C(NCc1ccco1)N(C)CCC(NC(=O)OC(C)(C)C)C(C)C.I. The van der Waals surface area contributed by atoms with Crippen molar-refractivity contribution in [1.82, 2.24) is 15.5 Å². The van der Waals surface area contributed by atoms with Crippen molar-refractivity contribution in [3.05, 3.63) is 24.2 Å². The quantitative estimate of drug-likeness (QED) is 0.342. The zero-order chi connectivity index (χ0) is 19.7. The van der Waals surface area contributed by atoms with Crippen molar-refractivity contribution in [1.29, 1.82) is 0 Å². The van der Waals surface area contributed by atoms with Crippen LogP contribution in [-0.2, 0) is 11.3 Å². The zero-order valence-electron chi connectivity index (χ0n) is 17.5. The molecule has 0 aromatic carbocycles. The van der Waals surface area contributed by atoms with Crippen molar-refractivity contribution < 1.29 is 13.9 Å². The summed E-state index contributed by atoms with van der Waals surface area (Å²) >= 11 is 0. The van der Waals surface area contributed by atoms with E-state index in [1.807, 2.05) is 44.9 Å². The van der Waals surface area contributed by atoms with E-state index in [0.29, 0.717) is 12.5 Å². The van der Waals surface area contributed by atoms with Gasteiger partial charge in [-0.1, -0.05) is 13.8 Å². The Kier molecular flexibility index (Phi) is 11.4. The number of ether oxygens (including phenoxy) is 1. The van der Waals surface area contributed by atoms with Crippen LogP contribution in [0.4, 0.5) is 4.79 Å². The summed E-state index contributed by atoms with van der Waals surface area (Å²) in [5.41, 5.74) is -0.500. The summed E-state index contributed by atoms with van der Waals surface area (Å²) in [6, 6.07) is 3.80. The maximum Gasteiger partial charge on any atom is 0.407 e. The van der Waals surface area contributed by atoms with E-state index in [0.717, 1.165) is 24.7 Å². The first-order chi connectivity index (χ1) is 12.1. The van der Waals surface area contributed by atoms with Crippen LogP contribution in [0, 0.1) is 5.92 Å². The Morgan fingerprint density at radius 1 is 1.37 bits per heavy atom. The summed E-state index contributed by atoms with van der Waals surface area (Å²) < 4.78 is 10.7. The number of amides is 1. The summed E-state index contributed by atoms with van der Waals surface area (Å²) in [7, 11) is 3.72. The van der Waals surface area contributed by atoms with E-state index in [4.69, 9.17) is 9.15 Å². The highest BCUT2D eigenvalue weighted by molar-refractivity contribution is 14.0. The molecule has 0 radical (unpaired) electrons. The molecule has 1 atom stereocenters. The number of nitrogens with one attached hydrogen (secondary N) is 2. The van der Waals surface area contributed by atoms with Crippen LogP contribution in [-0.4, -0.2) is 49.2 Å². The highest BCUT2D eigenvalue weighted by atomic mass is 127.